The molecule has 1 aliphatic rings. The van der Waals surface area contributed by atoms with Crippen LogP contribution >= 0.6 is 0 Å². The van der Waals surface area contributed by atoms with Gasteiger partial charge in [-0.3, -0.25) is 0 Å². The molecule has 4 heteroatoms. The standard InChI is InChI=1S/C9H15N.2C2H6N.Hf/c1-2-10-8-7-9-5-3-4-6-9;2*1-3-2;/h3-6,9-10H,2,7-8H2,1H3;2*1-2H3;/q;2*-1;+2. The number of rotatable bonds is 6. The molecular formula is C13H27HfN3. The van der Waals surface area contributed by atoms with Crippen LogP contribution in [0.4, 0.5) is 0 Å². The third kappa shape index (κ3) is 12.5. The van der Waals surface area contributed by atoms with Crippen LogP contribution in [0, 0.1) is 5.92 Å². The van der Waals surface area contributed by atoms with E-state index < -0.39 is 23.5 Å². The topological polar surface area (TPSA) is 18.5 Å². The van der Waals surface area contributed by atoms with Gasteiger partial charge >= 0.3 is 57.4 Å². The molecule has 0 unspecified atom stereocenters. The molecule has 1 rings (SSSR count). The van der Waals surface area contributed by atoms with Crippen molar-refractivity contribution in [3.05, 3.63) is 24.3 Å². The van der Waals surface area contributed by atoms with Crippen LogP contribution in [0.25, 0.3) is 0 Å². The van der Waals surface area contributed by atoms with Crippen molar-refractivity contribution in [3.63, 3.8) is 0 Å². The molecule has 0 amide bonds. The van der Waals surface area contributed by atoms with Gasteiger partial charge in [-0.2, -0.15) is 0 Å². The molecule has 0 spiro atoms. The zero-order chi connectivity index (χ0) is 13.1. The molecule has 0 heterocycles. The van der Waals surface area contributed by atoms with Gasteiger partial charge in [-0.25, -0.2) is 0 Å². The van der Waals surface area contributed by atoms with E-state index in [-0.39, 0.29) is 0 Å². The summed E-state index contributed by atoms with van der Waals surface area (Å²) in [5, 5.41) is 3.31. The van der Waals surface area contributed by atoms with Crippen molar-refractivity contribution >= 4 is 0 Å². The van der Waals surface area contributed by atoms with E-state index in [9.17, 15) is 0 Å². The molecule has 1 N–H and O–H groups in total. The first-order chi connectivity index (χ1) is 8.06. The first-order valence-electron chi connectivity index (χ1n) is 6.23. The zero-order valence-corrected chi connectivity index (χ0v) is 15.5. The predicted molar refractivity (Wildman–Crippen MR) is 72.3 cm³/mol. The van der Waals surface area contributed by atoms with E-state index in [0.29, 0.717) is 5.92 Å². The molecule has 0 saturated heterocycles. The minimum absolute atomic E-state index is 0.485. The van der Waals surface area contributed by atoms with Gasteiger partial charge in [0.25, 0.3) is 0 Å². The second-order valence-electron chi connectivity index (χ2n) is 4.46. The summed E-state index contributed by atoms with van der Waals surface area (Å²) in [5.74, 6) is 0.694. The van der Waals surface area contributed by atoms with Crippen molar-refractivity contribution in [1.29, 1.82) is 0 Å². The van der Waals surface area contributed by atoms with Gasteiger partial charge < -0.3 is 5.32 Å². The molecule has 98 valence electrons. The maximum atomic E-state index is 3.31. The van der Waals surface area contributed by atoms with Crippen LogP contribution in [0.3, 0.4) is 0 Å². The van der Waals surface area contributed by atoms with Gasteiger partial charge in [-0.05, 0) is 25.4 Å². The average molecular weight is 404 g/mol. The van der Waals surface area contributed by atoms with Crippen molar-refractivity contribution < 1.29 is 23.5 Å². The van der Waals surface area contributed by atoms with E-state index in [1.807, 2.05) is 0 Å². The third-order valence-corrected chi connectivity index (χ3v) is 5.01. The molecule has 0 radical (unpaired) electrons. The van der Waals surface area contributed by atoms with Crippen molar-refractivity contribution in [2.75, 3.05) is 41.3 Å². The summed E-state index contributed by atoms with van der Waals surface area (Å²) in [6, 6.07) is 0. The Morgan fingerprint density at radius 2 is 1.59 bits per heavy atom. The average Bonchev–Trinajstić information content (AvgIpc) is 2.69. The summed E-state index contributed by atoms with van der Waals surface area (Å²) in [4.78, 5) is 0. The Labute approximate surface area is 119 Å². The fourth-order valence-electron chi connectivity index (χ4n) is 1.52. The molecule has 0 saturated carbocycles. The minimum atomic E-state index is -0.485. The van der Waals surface area contributed by atoms with Crippen LogP contribution in [0.2, 0.25) is 0 Å². The van der Waals surface area contributed by atoms with E-state index >= 15 is 0 Å². The van der Waals surface area contributed by atoms with E-state index in [2.05, 4.69) is 70.5 Å². The Hall–Kier alpha value is 0.230. The van der Waals surface area contributed by atoms with Gasteiger partial charge in [0.05, 0.1) is 0 Å². The molecule has 17 heavy (non-hydrogen) atoms. The molecule has 1 aliphatic carbocycles. The Balaban J connectivity index is 0.000000325. The normalized spacial score (nSPS) is 14.3. The molecule has 0 bridgehead atoms. The van der Waals surface area contributed by atoms with Crippen molar-refractivity contribution in [1.82, 2.24) is 11.1 Å². The van der Waals surface area contributed by atoms with Crippen LogP contribution in [0.5, 0.6) is 0 Å². The monoisotopic (exact) mass is 405 g/mol. The summed E-state index contributed by atoms with van der Waals surface area (Å²) in [6.45, 7) is 4.36. The SMILES string of the molecule is CCNCCC1C=CC=C1.C[N](C)[Hf][N](C)C. The van der Waals surface area contributed by atoms with Crippen LogP contribution < -0.4 is 5.32 Å². The molecule has 0 aromatic carbocycles. The van der Waals surface area contributed by atoms with Crippen molar-refractivity contribution in [2.24, 2.45) is 5.92 Å². The van der Waals surface area contributed by atoms with Crippen LogP contribution in [0.15, 0.2) is 24.3 Å². The van der Waals surface area contributed by atoms with E-state index in [0.717, 1.165) is 13.1 Å². The quantitative estimate of drug-likeness (QED) is 0.538. The van der Waals surface area contributed by atoms with Crippen LogP contribution in [-0.2, 0) is 23.5 Å². The predicted octanol–water partition coefficient (Wildman–Crippen LogP) is 1.75. The van der Waals surface area contributed by atoms with Crippen molar-refractivity contribution in [2.45, 2.75) is 13.3 Å². The van der Waals surface area contributed by atoms with Crippen LogP contribution in [-0.4, -0.2) is 47.1 Å². The third-order valence-electron chi connectivity index (χ3n) is 2.13. The number of nitrogens with one attached hydrogen (secondary N) is 1. The molecular weight excluding hydrogens is 377 g/mol. The fourth-order valence-corrected chi connectivity index (χ4v) is 4.39. The Kier molecular flexibility index (Phi) is 11.5. The molecule has 0 fully saturated rings. The summed E-state index contributed by atoms with van der Waals surface area (Å²) in [6.07, 6.45) is 9.97. The molecule has 0 aromatic heterocycles. The summed E-state index contributed by atoms with van der Waals surface area (Å²) >= 11 is -0.485. The molecule has 3 nitrogen and oxygen atoms in total. The number of hydrogen-bond acceptors (Lipinski definition) is 3. The van der Waals surface area contributed by atoms with Crippen molar-refractivity contribution in [3.8, 4) is 0 Å². The Bertz CT molecular complexity index is 207. The van der Waals surface area contributed by atoms with Gasteiger partial charge in [0.2, 0.25) is 0 Å². The Morgan fingerprint density at radius 1 is 1.06 bits per heavy atom. The number of allylic oxidation sites excluding steroid dienone is 4. The number of nitrogens with zero attached hydrogens (tertiary/aromatic N) is 2. The first-order valence-corrected chi connectivity index (χ1v) is 9.44. The second kappa shape index (κ2) is 11.3. The molecule has 0 atom stereocenters. The van der Waals surface area contributed by atoms with Gasteiger partial charge in [0.15, 0.2) is 0 Å². The van der Waals surface area contributed by atoms with Crippen LogP contribution in [0.1, 0.15) is 13.3 Å². The van der Waals surface area contributed by atoms with Gasteiger partial charge in [0.1, 0.15) is 0 Å². The fraction of sp³-hybridized carbons (Fsp3) is 0.692. The second-order valence-corrected chi connectivity index (χ2v) is 11.6. The van der Waals surface area contributed by atoms with E-state index in [1.165, 1.54) is 6.42 Å². The molecule has 0 aliphatic heterocycles. The number of hydrogen-bond donors (Lipinski definition) is 1. The van der Waals surface area contributed by atoms with E-state index in [1.54, 1.807) is 0 Å². The molecule has 0 aromatic rings. The first kappa shape index (κ1) is 17.2. The summed E-state index contributed by atoms with van der Waals surface area (Å²) in [7, 11) is 8.57. The van der Waals surface area contributed by atoms with Gasteiger partial charge in [0, 0.05) is 0 Å². The van der Waals surface area contributed by atoms with Gasteiger partial charge in [-0.15, -0.1) is 0 Å². The maximum absolute atomic E-state index is 3.31. The van der Waals surface area contributed by atoms with E-state index in [4.69, 9.17) is 0 Å². The summed E-state index contributed by atoms with van der Waals surface area (Å²) < 4.78 is 4.64. The summed E-state index contributed by atoms with van der Waals surface area (Å²) in [5.41, 5.74) is 0. The van der Waals surface area contributed by atoms with Gasteiger partial charge in [-0.1, -0.05) is 31.2 Å². The zero-order valence-electron chi connectivity index (χ0n) is 11.9. The Morgan fingerprint density at radius 3 is 1.94 bits per heavy atom.